The van der Waals surface area contributed by atoms with Crippen molar-refractivity contribution in [1.29, 1.82) is 0 Å². The van der Waals surface area contributed by atoms with Crippen molar-refractivity contribution in [2.24, 2.45) is 0 Å². The number of sulfonamides is 1. The number of aryl methyl sites for hydroxylation is 1. The Balaban J connectivity index is 1.90. The summed E-state index contributed by atoms with van der Waals surface area (Å²) in [6.07, 6.45) is 1.93. The lowest BCUT2D eigenvalue weighted by atomic mass is 10.0. The standard InChI is InChI=1S/C17H21N3O2S/c1-20(2)15-10-8-14(9-11-15)19-23(21,22)16-7-3-5-13-6-4-12-18-17(13)16/h3,5,7-11,18-19H,4,6,12H2,1-2H3. The van der Waals surface area contributed by atoms with Crippen LogP contribution >= 0.6 is 0 Å². The van der Waals surface area contributed by atoms with Gasteiger partial charge >= 0.3 is 0 Å². The highest BCUT2D eigenvalue weighted by Gasteiger charge is 2.22. The van der Waals surface area contributed by atoms with Gasteiger partial charge in [0.2, 0.25) is 0 Å². The van der Waals surface area contributed by atoms with Crippen molar-refractivity contribution in [2.75, 3.05) is 35.6 Å². The van der Waals surface area contributed by atoms with Gasteiger partial charge in [0.15, 0.2) is 0 Å². The van der Waals surface area contributed by atoms with Crippen LogP contribution in [0.5, 0.6) is 0 Å². The van der Waals surface area contributed by atoms with Crippen molar-refractivity contribution in [3.8, 4) is 0 Å². The van der Waals surface area contributed by atoms with Crippen LogP contribution in [0.25, 0.3) is 0 Å². The lowest BCUT2D eigenvalue weighted by Crippen LogP contribution is -2.19. The number of nitrogens with one attached hydrogen (secondary N) is 2. The molecule has 122 valence electrons. The monoisotopic (exact) mass is 331 g/mol. The molecular weight excluding hydrogens is 310 g/mol. The molecule has 6 heteroatoms. The lowest BCUT2D eigenvalue weighted by molar-refractivity contribution is 0.601. The van der Waals surface area contributed by atoms with Gasteiger partial charge in [0.25, 0.3) is 10.0 Å². The number of hydrogen-bond acceptors (Lipinski definition) is 4. The Labute approximate surface area is 137 Å². The van der Waals surface area contributed by atoms with E-state index in [0.717, 1.165) is 36.3 Å². The van der Waals surface area contributed by atoms with Crippen LogP contribution < -0.4 is 14.9 Å². The highest BCUT2D eigenvalue weighted by atomic mass is 32.2. The van der Waals surface area contributed by atoms with Gasteiger partial charge in [0.1, 0.15) is 4.90 Å². The summed E-state index contributed by atoms with van der Waals surface area (Å²) in [5.41, 5.74) is 3.37. The molecule has 0 saturated carbocycles. The summed E-state index contributed by atoms with van der Waals surface area (Å²) in [4.78, 5) is 2.28. The normalized spacial score (nSPS) is 13.8. The molecule has 23 heavy (non-hydrogen) atoms. The molecule has 2 aromatic rings. The van der Waals surface area contributed by atoms with Crippen molar-refractivity contribution in [3.63, 3.8) is 0 Å². The number of rotatable bonds is 4. The van der Waals surface area contributed by atoms with Gasteiger partial charge in [0.05, 0.1) is 5.69 Å². The van der Waals surface area contributed by atoms with E-state index in [9.17, 15) is 8.42 Å². The van der Waals surface area contributed by atoms with Crippen LogP contribution in [-0.4, -0.2) is 29.1 Å². The van der Waals surface area contributed by atoms with Crippen molar-refractivity contribution in [3.05, 3.63) is 48.0 Å². The van der Waals surface area contributed by atoms with Crippen LogP contribution in [0.2, 0.25) is 0 Å². The van der Waals surface area contributed by atoms with Crippen molar-refractivity contribution < 1.29 is 8.42 Å². The van der Waals surface area contributed by atoms with E-state index >= 15 is 0 Å². The molecule has 0 amide bonds. The number of anilines is 3. The summed E-state index contributed by atoms with van der Waals surface area (Å²) < 4.78 is 28.1. The number of fused-ring (bicyclic) bond motifs is 1. The van der Waals surface area contributed by atoms with E-state index in [1.54, 1.807) is 24.3 Å². The van der Waals surface area contributed by atoms with E-state index in [0.29, 0.717) is 10.6 Å². The largest absolute Gasteiger partial charge is 0.384 e. The van der Waals surface area contributed by atoms with Crippen LogP contribution in [0.1, 0.15) is 12.0 Å². The lowest BCUT2D eigenvalue weighted by Gasteiger charge is -2.21. The van der Waals surface area contributed by atoms with Crippen LogP contribution in [0.15, 0.2) is 47.4 Å². The van der Waals surface area contributed by atoms with E-state index in [1.807, 2.05) is 37.2 Å². The van der Waals surface area contributed by atoms with Crippen LogP contribution in [0.3, 0.4) is 0 Å². The molecule has 3 rings (SSSR count). The maximum Gasteiger partial charge on any atom is 0.263 e. The summed E-state index contributed by atoms with van der Waals surface area (Å²) in [5, 5.41) is 3.22. The number of hydrogen-bond donors (Lipinski definition) is 2. The fraction of sp³-hybridized carbons (Fsp3) is 0.294. The molecule has 1 aliphatic rings. The zero-order valence-corrected chi connectivity index (χ0v) is 14.2. The zero-order chi connectivity index (χ0) is 16.4. The van der Waals surface area contributed by atoms with Gasteiger partial charge in [-0.25, -0.2) is 8.42 Å². The van der Waals surface area contributed by atoms with Crippen LogP contribution in [0, 0.1) is 0 Å². The van der Waals surface area contributed by atoms with E-state index in [4.69, 9.17) is 0 Å². The van der Waals surface area contributed by atoms with E-state index in [1.165, 1.54) is 0 Å². The molecular formula is C17H21N3O2S. The third-order valence-corrected chi connectivity index (χ3v) is 5.39. The first-order valence-electron chi connectivity index (χ1n) is 7.63. The first-order chi connectivity index (χ1) is 11.0. The molecule has 1 heterocycles. The van der Waals surface area contributed by atoms with E-state index < -0.39 is 10.0 Å². The second-order valence-electron chi connectivity index (χ2n) is 5.87. The molecule has 0 aromatic heterocycles. The molecule has 2 aromatic carbocycles. The van der Waals surface area contributed by atoms with E-state index in [-0.39, 0.29) is 0 Å². The maximum atomic E-state index is 12.7. The quantitative estimate of drug-likeness (QED) is 0.904. The minimum Gasteiger partial charge on any atom is -0.384 e. The van der Waals surface area contributed by atoms with Gasteiger partial charge in [0, 0.05) is 32.0 Å². The molecule has 1 aliphatic heterocycles. The van der Waals surface area contributed by atoms with Gasteiger partial charge in [-0.15, -0.1) is 0 Å². The summed E-state index contributed by atoms with van der Waals surface area (Å²) in [5.74, 6) is 0. The second-order valence-corrected chi connectivity index (χ2v) is 7.52. The smallest absolute Gasteiger partial charge is 0.263 e. The van der Waals surface area contributed by atoms with Gasteiger partial charge in [-0.05, 0) is 48.7 Å². The van der Waals surface area contributed by atoms with Crippen molar-refractivity contribution >= 4 is 27.1 Å². The zero-order valence-electron chi connectivity index (χ0n) is 13.3. The molecule has 0 atom stereocenters. The Kier molecular flexibility index (Phi) is 4.17. The average molecular weight is 331 g/mol. The fourth-order valence-corrected chi connectivity index (χ4v) is 4.03. The Morgan fingerprint density at radius 2 is 1.83 bits per heavy atom. The molecule has 0 saturated heterocycles. The van der Waals surface area contributed by atoms with Crippen LogP contribution in [0.4, 0.5) is 17.1 Å². The molecule has 0 bridgehead atoms. The molecule has 0 fully saturated rings. The highest BCUT2D eigenvalue weighted by Crippen LogP contribution is 2.30. The van der Waals surface area contributed by atoms with Crippen molar-refractivity contribution in [2.45, 2.75) is 17.7 Å². The predicted molar refractivity (Wildman–Crippen MR) is 94.8 cm³/mol. The summed E-state index contributed by atoms with van der Waals surface area (Å²) in [6.45, 7) is 0.803. The SMILES string of the molecule is CN(C)c1ccc(NS(=O)(=O)c2cccc3c2NCCC3)cc1. The fourth-order valence-electron chi connectivity index (χ4n) is 2.74. The maximum absolute atomic E-state index is 12.7. The summed E-state index contributed by atoms with van der Waals surface area (Å²) in [7, 11) is 0.277. The second kappa shape index (κ2) is 6.12. The molecule has 0 unspecified atom stereocenters. The third-order valence-electron chi connectivity index (χ3n) is 3.96. The van der Waals surface area contributed by atoms with Gasteiger partial charge in [-0.2, -0.15) is 0 Å². The number of para-hydroxylation sites is 1. The average Bonchev–Trinajstić information content (AvgIpc) is 2.54. The minimum absolute atomic E-state index is 0.311. The van der Waals surface area contributed by atoms with Gasteiger partial charge in [-0.3, -0.25) is 4.72 Å². The Bertz CT molecular complexity index is 799. The van der Waals surface area contributed by atoms with Gasteiger partial charge in [-0.1, -0.05) is 12.1 Å². The number of nitrogens with zero attached hydrogens (tertiary/aromatic N) is 1. The van der Waals surface area contributed by atoms with Crippen molar-refractivity contribution in [1.82, 2.24) is 0 Å². The minimum atomic E-state index is -3.61. The first kappa shape index (κ1) is 15.7. The Hall–Kier alpha value is -2.21. The third kappa shape index (κ3) is 3.27. The molecule has 5 nitrogen and oxygen atoms in total. The topological polar surface area (TPSA) is 61.4 Å². The molecule has 0 radical (unpaired) electrons. The first-order valence-corrected chi connectivity index (χ1v) is 9.12. The predicted octanol–water partition coefficient (Wildman–Crippen LogP) is 2.91. The van der Waals surface area contributed by atoms with Gasteiger partial charge < -0.3 is 10.2 Å². The summed E-state index contributed by atoms with van der Waals surface area (Å²) >= 11 is 0. The molecule has 0 aliphatic carbocycles. The van der Waals surface area contributed by atoms with Crippen LogP contribution in [-0.2, 0) is 16.4 Å². The molecule has 2 N–H and O–H groups in total. The van der Waals surface area contributed by atoms with E-state index in [2.05, 4.69) is 10.0 Å². The highest BCUT2D eigenvalue weighted by molar-refractivity contribution is 7.92. The Morgan fingerprint density at radius 1 is 1.09 bits per heavy atom. The summed E-state index contributed by atoms with van der Waals surface area (Å²) in [6, 6.07) is 12.7. The Morgan fingerprint density at radius 3 is 2.52 bits per heavy atom. The number of benzene rings is 2. The molecule has 0 spiro atoms.